The largest absolute Gasteiger partial charge is 3.00 e. The van der Waals surface area contributed by atoms with E-state index in [1.807, 2.05) is 0 Å². The van der Waals surface area contributed by atoms with Crippen LogP contribution in [-0.2, 0) is 32.6 Å². The van der Waals surface area contributed by atoms with E-state index in [1.54, 1.807) is 0 Å². The predicted octanol–water partition coefficient (Wildman–Crippen LogP) is 3.09. The van der Waals surface area contributed by atoms with Crippen molar-refractivity contribution in [2.75, 3.05) is 0 Å². The quantitative estimate of drug-likeness (QED) is 0.212. The topological polar surface area (TPSA) is 0 Å². The van der Waals surface area contributed by atoms with Crippen molar-refractivity contribution in [1.82, 2.24) is 0 Å². The summed E-state index contributed by atoms with van der Waals surface area (Å²) in [5, 5.41) is 0. The minimum Gasteiger partial charge on any atom is -1.00 e. The maximum absolute atomic E-state index is 3.71. The van der Waals surface area contributed by atoms with Gasteiger partial charge in [0.25, 0.3) is 0 Å². The molecule has 2 aliphatic rings. The standard InChI is InChI=1S/C32H27.C2H6Si.2ClH.Zr/c1-3-21(2)29-20-31-24(22-11-5-4-6-12-22)15-9-17-28(31)32(29)27-18-10-16-26-25-14-8-7-13-23(25)19-30(26)27;1-3-2;;;/h4-17,20-21,32H,3,19H2,1-2H3;1-2H3;2*1H;/q-1;;;;+3/p-2. The third-order valence-corrected chi connectivity index (χ3v) is 7.46. The Labute approximate surface area is 263 Å². The van der Waals surface area contributed by atoms with Crippen molar-refractivity contribution in [2.45, 2.75) is 45.7 Å². The fraction of sp³-hybridized carbons (Fsp3) is 0.235. The molecule has 0 bridgehead atoms. The van der Waals surface area contributed by atoms with Gasteiger partial charge in [-0.25, -0.2) is 0 Å². The Morgan fingerprint density at radius 2 is 1.50 bits per heavy atom. The third-order valence-electron chi connectivity index (χ3n) is 7.46. The van der Waals surface area contributed by atoms with E-state index >= 15 is 0 Å². The molecule has 0 heterocycles. The molecule has 191 valence electrons. The summed E-state index contributed by atoms with van der Waals surface area (Å²) in [5.74, 6) is 0.817. The second-order valence-corrected chi connectivity index (χ2v) is 10.7. The van der Waals surface area contributed by atoms with Gasteiger partial charge in [-0.05, 0) is 52.1 Å². The number of benzene rings is 4. The Morgan fingerprint density at radius 3 is 2.21 bits per heavy atom. The van der Waals surface area contributed by atoms with Gasteiger partial charge in [0.1, 0.15) is 0 Å². The molecule has 38 heavy (non-hydrogen) atoms. The van der Waals surface area contributed by atoms with Crippen LogP contribution < -0.4 is 24.8 Å². The van der Waals surface area contributed by atoms with E-state index in [4.69, 9.17) is 0 Å². The third kappa shape index (κ3) is 6.05. The molecule has 2 atom stereocenters. The molecule has 0 aliphatic heterocycles. The SMILES string of the molecule is CCC(C)C1=Cc2c(-c3ccccc3)cccc2C1c1[c-]ccc2c1Cc1ccccc1-2.C[Si]C.[Cl-].[Cl-].[Zr+3]. The van der Waals surface area contributed by atoms with Gasteiger partial charge in [0, 0.05) is 15.4 Å². The second kappa shape index (κ2) is 14.6. The number of hydrogen-bond donors (Lipinski definition) is 0. The van der Waals surface area contributed by atoms with Crippen LogP contribution in [0.1, 0.15) is 54.0 Å². The van der Waals surface area contributed by atoms with E-state index in [0.717, 1.165) is 22.4 Å². The molecular weight excluding hydrogens is 599 g/mol. The Kier molecular flexibility index (Phi) is 12.5. The summed E-state index contributed by atoms with van der Waals surface area (Å²) in [5.41, 5.74) is 14.0. The number of rotatable bonds is 4. The maximum Gasteiger partial charge on any atom is 3.00 e. The van der Waals surface area contributed by atoms with Gasteiger partial charge in [-0.15, -0.1) is 16.7 Å². The Morgan fingerprint density at radius 1 is 0.842 bits per heavy atom. The summed E-state index contributed by atoms with van der Waals surface area (Å²) in [7, 11) is 1.08. The molecule has 0 N–H and O–H groups in total. The van der Waals surface area contributed by atoms with Crippen molar-refractivity contribution < 1.29 is 51.0 Å². The summed E-state index contributed by atoms with van der Waals surface area (Å²) >= 11 is 0. The number of hydrogen-bond acceptors (Lipinski definition) is 0. The van der Waals surface area contributed by atoms with Crippen LogP contribution in [0.2, 0.25) is 13.1 Å². The maximum atomic E-state index is 3.71. The first-order valence-electron chi connectivity index (χ1n) is 12.8. The van der Waals surface area contributed by atoms with Crippen LogP contribution in [0.25, 0.3) is 28.3 Å². The molecule has 4 heteroatoms. The molecule has 0 amide bonds. The minimum atomic E-state index is 0. The van der Waals surface area contributed by atoms with Gasteiger partial charge >= 0.3 is 26.2 Å². The van der Waals surface area contributed by atoms with Crippen molar-refractivity contribution in [3.05, 3.63) is 124 Å². The van der Waals surface area contributed by atoms with Gasteiger partial charge in [0.15, 0.2) is 0 Å². The first kappa shape index (κ1) is 32.5. The molecule has 4 aromatic carbocycles. The van der Waals surface area contributed by atoms with Gasteiger partial charge in [-0.3, -0.25) is 0 Å². The smallest absolute Gasteiger partial charge is 1.00 e. The Balaban J connectivity index is 0.000000809. The van der Waals surface area contributed by atoms with Crippen LogP contribution in [0.3, 0.4) is 0 Å². The molecule has 4 aromatic rings. The monoisotopic (exact) mass is 629 g/mol. The van der Waals surface area contributed by atoms with Crippen molar-refractivity contribution >= 4 is 15.6 Å². The first-order chi connectivity index (χ1) is 17.2. The predicted molar refractivity (Wildman–Crippen MR) is 152 cm³/mol. The average molecular weight is 632 g/mol. The summed E-state index contributed by atoms with van der Waals surface area (Å²) in [6.07, 6.45) is 4.65. The minimum absolute atomic E-state index is 0. The van der Waals surface area contributed by atoms with Crippen LogP contribution in [-0.4, -0.2) is 9.52 Å². The first-order valence-corrected chi connectivity index (χ1v) is 14.8. The zero-order valence-corrected chi connectivity index (χ0v) is 27.5. The van der Waals surface area contributed by atoms with E-state index in [0.29, 0.717) is 5.92 Å². The molecule has 2 unspecified atom stereocenters. The fourth-order valence-electron chi connectivity index (χ4n) is 5.66. The molecule has 0 aromatic heterocycles. The zero-order valence-electron chi connectivity index (χ0n) is 22.5. The summed E-state index contributed by atoms with van der Waals surface area (Å²) < 4.78 is 0. The number of fused-ring (bicyclic) bond motifs is 4. The van der Waals surface area contributed by atoms with Crippen molar-refractivity contribution in [1.29, 1.82) is 0 Å². The summed E-state index contributed by atoms with van der Waals surface area (Å²) in [6, 6.07) is 34.6. The van der Waals surface area contributed by atoms with Crippen LogP contribution >= 0.6 is 0 Å². The Hall–Kier alpha value is -1.70. The molecule has 0 saturated carbocycles. The van der Waals surface area contributed by atoms with E-state index in [9.17, 15) is 0 Å². The summed E-state index contributed by atoms with van der Waals surface area (Å²) in [4.78, 5) is 0. The van der Waals surface area contributed by atoms with E-state index in [-0.39, 0.29) is 56.9 Å². The van der Waals surface area contributed by atoms with Crippen molar-refractivity contribution in [3.63, 3.8) is 0 Å². The van der Waals surface area contributed by atoms with Crippen LogP contribution in [0.4, 0.5) is 0 Å². The van der Waals surface area contributed by atoms with Gasteiger partial charge in [0.05, 0.1) is 0 Å². The zero-order chi connectivity index (χ0) is 24.4. The molecule has 0 fully saturated rings. The summed E-state index contributed by atoms with van der Waals surface area (Å²) in [6.45, 7) is 8.99. The molecule has 2 aliphatic carbocycles. The number of halogens is 2. The average Bonchev–Trinajstić information content (AvgIpc) is 3.48. The molecule has 6 rings (SSSR count). The van der Waals surface area contributed by atoms with Crippen LogP contribution in [0.15, 0.2) is 90.5 Å². The molecular formula is C34H33Cl2SiZr. The van der Waals surface area contributed by atoms with Crippen LogP contribution in [0, 0.1) is 12.0 Å². The number of allylic oxidation sites excluding steroid dienone is 1. The van der Waals surface area contributed by atoms with E-state index in [2.05, 4.69) is 124 Å². The second-order valence-electron chi connectivity index (χ2n) is 9.68. The van der Waals surface area contributed by atoms with Gasteiger partial charge in [-0.2, -0.15) is 18.2 Å². The van der Waals surface area contributed by atoms with Gasteiger partial charge < -0.3 is 24.8 Å². The molecule has 0 saturated heterocycles. The van der Waals surface area contributed by atoms with Crippen molar-refractivity contribution in [3.8, 4) is 22.3 Å². The van der Waals surface area contributed by atoms with Gasteiger partial charge in [-0.1, -0.05) is 111 Å². The van der Waals surface area contributed by atoms with E-state index in [1.165, 1.54) is 55.6 Å². The van der Waals surface area contributed by atoms with Gasteiger partial charge in [0.2, 0.25) is 0 Å². The molecule has 0 nitrogen and oxygen atoms in total. The fourth-order valence-corrected chi connectivity index (χ4v) is 5.66. The normalized spacial score (nSPS) is 14.6. The van der Waals surface area contributed by atoms with Crippen molar-refractivity contribution in [2.24, 2.45) is 5.92 Å². The van der Waals surface area contributed by atoms with E-state index < -0.39 is 0 Å². The Bertz CT molecular complexity index is 1380. The molecule has 0 spiro atoms. The molecule has 3 radical (unpaired) electrons. The van der Waals surface area contributed by atoms with Crippen LogP contribution in [0.5, 0.6) is 0 Å².